The molecule has 0 radical (unpaired) electrons. The number of carbonyl (C=O) groups excluding carboxylic acids is 1. The molecule has 32 heavy (non-hydrogen) atoms. The maximum absolute atomic E-state index is 12.9. The van der Waals surface area contributed by atoms with Crippen LogP contribution in [0.4, 0.5) is 0 Å². The van der Waals surface area contributed by atoms with Crippen molar-refractivity contribution >= 4 is 11.9 Å². The smallest absolute Gasteiger partial charge is 0.340 e. The lowest BCUT2D eigenvalue weighted by molar-refractivity contribution is -0.907. The molecule has 0 bridgehead atoms. The molecule has 2 aromatic carbocycles. The number of rotatable bonds is 8. The number of aromatic carboxylic acids is 1. The number of fused-ring (bicyclic) bond motifs is 1. The zero-order valence-electron chi connectivity index (χ0n) is 18.5. The van der Waals surface area contributed by atoms with Gasteiger partial charge in [0.25, 0.3) is 5.91 Å². The molecular formula is C25H31N2O5+. The number of quaternary nitrogens is 1. The summed E-state index contributed by atoms with van der Waals surface area (Å²) in [5, 5.41) is 12.8. The number of ether oxygens (including phenoxy) is 2. The standard InChI is InChI=1S/C25H30N2O5/c1-27(15-19-11-12-21-23(32-16-31-21)22(19)25(29)30)14-18-9-5-6-10-20(18)24(28)26-13-17-7-3-2-4-8-17/h5-6,9-12,17H,2-4,7-8,13-16H2,1H3,(H,26,28)(H,29,30)/p+1. The summed E-state index contributed by atoms with van der Waals surface area (Å²) in [5.41, 5.74) is 2.46. The van der Waals surface area contributed by atoms with Gasteiger partial charge in [0.15, 0.2) is 11.5 Å². The first-order valence-electron chi connectivity index (χ1n) is 11.3. The van der Waals surface area contributed by atoms with Gasteiger partial charge in [-0.05, 0) is 37.0 Å². The molecule has 0 saturated heterocycles. The molecule has 1 aliphatic heterocycles. The second kappa shape index (κ2) is 10.0. The topological polar surface area (TPSA) is 89.3 Å². The summed E-state index contributed by atoms with van der Waals surface area (Å²) in [6.45, 7) is 1.84. The van der Waals surface area contributed by atoms with E-state index in [9.17, 15) is 14.7 Å². The summed E-state index contributed by atoms with van der Waals surface area (Å²) in [6, 6.07) is 11.2. The van der Waals surface area contributed by atoms with Gasteiger partial charge >= 0.3 is 5.97 Å². The summed E-state index contributed by atoms with van der Waals surface area (Å²) in [4.78, 5) is 25.8. The molecule has 2 aromatic rings. The minimum absolute atomic E-state index is 0.0328. The van der Waals surface area contributed by atoms with E-state index in [0.717, 1.165) is 17.0 Å². The van der Waals surface area contributed by atoms with Gasteiger partial charge in [-0.25, -0.2) is 4.79 Å². The van der Waals surface area contributed by atoms with E-state index >= 15 is 0 Å². The third-order valence-electron chi connectivity index (χ3n) is 6.36. The Morgan fingerprint density at radius 3 is 2.56 bits per heavy atom. The van der Waals surface area contributed by atoms with E-state index < -0.39 is 5.97 Å². The Labute approximate surface area is 188 Å². The molecule has 1 amide bonds. The Morgan fingerprint density at radius 2 is 1.78 bits per heavy atom. The number of hydrogen-bond acceptors (Lipinski definition) is 4. The van der Waals surface area contributed by atoms with Gasteiger partial charge in [-0.1, -0.05) is 37.5 Å². The molecule has 1 heterocycles. The van der Waals surface area contributed by atoms with Crippen molar-refractivity contribution in [3.63, 3.8) is 0 Å². The highest BCUT2D eigenvalue weighted by atomic mass is 16.7. The molecular weight excluding hydrogens is 408 g/mol. The highest BCUT2D eigenvalue weighted by molar-refractivity contribution is 5.95. The van der Waals surface area contributed by atoms with E-state index in [1.54, 1.807) is 12.1 Å². The monoisotopic (exact) mass is 439 g/mol. The molecule has 1 unspecified atom stereocenters. The molecule has 170 valence electrons. The summed E-state index contributed by atoms with van der Waals surface area (Å²) in [7, 11) is 1.99. The molecule has 1 atom stereocenters. The molecule has 3 N–H and O–H groups in total. The van der Waals surface area contributed by atoms with E-state index in [0.29, 0.717) is 41.6 Å². The molecule has 1 saturated carbocycles. The van der Waals surface area contributed by atoms with Crippen molar-refractivity contribution < 1.29 is 29.1 Å². The molecule has 7 heteroatoms. The van der Waals surface area contributed by atoms with E-state index in [2.05, 4.69) is 5.32 Å². The van der Waals surface area contributed by atoms with Gasteiger partial charge in [0.1, 0.15) is 18.7 Å². The van der Waals surface area contributed by atoms with Gasteiger partial charge in [0.05, 0.1) is 7.05 Å². The first kappa shape index (κ1) is 22.1. The number of benzene rings is 2. The summed E-state index contributed by atoms with van der Waals surface area (Å²) >= 11 is 0. The third kappa shape index (κ3) is 5.05. The van der Waals surface area contributed by atoms with Gasteiger partial charge in [-0.3, -0.25) is 4.79 Å². The maximum atomic E-state index is 12.9. The fraction of sp³-hybridized carbons (Fsp3) is 0.440. The Hall–Kier alpha value is -3.06. The number of carboxylic acid groups (broad SMARTS) is 1. The van der Waals surface area contributed by atoms with E-state index in [1.807, 2.05) is 31.3 Å². The third-order valence-corrected chi connectivity index (χ3v) is 6.36. The number of hydrogen-bond donors (Lipinski definition) is 3. The van der Waals surface area contributed by atoms with Gasteiger partial charge in [0.2, 0.25) is 6.79 Å². The fourth-order valence-electron chi connectivity index (χ4n) is 4.73. The van der Waals surface area contributed by atoms with Crippen molar-refractivity contribution in [2.75, 3.05) is 20.4 Å². The molecule has 2 aliphatic rings. The van der Waals surface area contributed by atoms with Crippen LogP contribution in [0.1, 0.15) is 63.9 Å². The predicted molar refractivity (Wildman–Crippen MR) is 119 cm³/mol. The lowest BCUT2D eigenvalue weighted by Gasteiger charge is -2.22. The quantitative estimate of drug-likeness (QED) is 0.589. The van der Waals surface area contributed by atoms with Crippen LogP contribution in [0.5, 0.6) is 11.5 Å². The van der Waals surface area contributed by atoms with Crippen LogP contribution in [0.15, 0.2) is 36.4 Å². The van der Waals surface area contributed by atoms with Crippen LogP contribution in [0.2, 0.25) is 0 Å². The zero-order valence-corrected chi connectivity index (χ0v) is 18.5. The van der Waals surface area contributed by atoms with Crippen LogP contribution in [-0.4, -0.2) is 37.4 Å². The van der Waals surface area contributed by atoms with Crippen molar-refractivity contribution in [2.24, 2.45) is 5.92 Å². The fourth-order valence-corrected chi connectivity index (χ4v) is 4.73. The van der Waals surface area contributed by atoms with Crippen molar-refractivity contribution in [1.29, 1.82) is 0 Å². The summed E-state index contributed by atoms with van der Waals surface area (Å²) in [6.07, 6.45) is 6.19. The normalized spacial score (nSPS) is 16.5. The van der Waals surface area contributed by atoms with Crippen LogP contribution in [0.3, 0.4) is 0 Å². The summed E-state index contributed by atoms with van der Waals surface area (Å²) in [5.74, 6) is 0.272. The van der Waals surface area contributed by atoms with Crippen molar-refractivity contribution in [3.8, 4) is 11.5 Å². The highest BCUT2D eigenvalue weighted by Crippen LogP contribution is 2.37. The Bertz CT molecular complexity index is 984. The minimum Gasteiger partial charge on any atom is -0.478 e. The van der Waals surface area contributed by atoms with Crippen molar-refractivity contribution in [3.05, 3.63) is 58.7 Å². The van der Waals surface area contributed by atoms with Crippen LogP contribution >= 0.6 is 0 Å². The number of amides is 1. The highest BCUT2D eigenvalue weighted by Gasteiger charge is 2.27. The molecule has 0 spiro atoms. The van der Waals surface area contributed by atoms with Gasteiger partial charge in [0, 0.05) is 23.2 Å². The second-order valence-electron chi connectivity index (χ2n) is 8.82. The lowest BCUT2D eigenvalue weighted by atomic mass is 9.89. The van der Waals surface area contributed by atoms with Gasteiger partial charge in [-0.2, -0.15) is 0 Å². The van der Waals surface area contributed by atoms with Crippen LogP contribution in [-0.2, 0) is 13.1 Å². The molecule has 1 fully saturated rings. The first-order chi connectivity index (χ1) is 15.5. The van der Waals surface area contributed by atoms with Crippen LogP contribution < -0.4 is 19.7 Å². The average molecular weight is 440 g/mol. The van der Waals surface area contributed by atoms with Crippen LogP contribution in [0.25, 0.3) is 0 Å². The number of nitrogens with one attached hydrogen (secondary N) is 2. The predicted octanol–water partition coefficient (Wildman–Crippen LogP) is 2.64. The second-order valence-corrected chi connectivity index (χ2v) is 8.82. The Morgan fingerprint density at radius 1 is 1.03 bits per heavy atom. The molecule has 4 rings (SSSR count). The van der Waals surface area contributed by atoms with Crippen LogP contribution in [0, 0.1) is 5.92 Å². The number of carbonyl (C=O) groups is 2. The Balaban J connectivity index is 1.43. The molecule has 0 aromatic heterocycles. The zero-order chi connectivity index (χ0) is 22.5. The first-order valence-corrected chi connectivity index (χ1v) is 11.3. The molecule has 7 nitrogen and oxygen atoms in total. The minimum atomic E-state index is -1.03. The average Bonchev–Trinajstić information content (AvgIpc) is 3.27. The lowest BCUT2D eigenvalue weighted by Crippen LogP contribution is -3.06. The SMILES string of the molecule is C[NH+](Cc1ccccc1C(=O)NCC1CCCCC1)Cc1ccc2c(c1C(=O)O)OCO2. The van der Waals surface area contributed by atoms with Crippen molar-refractivity contribution in [2.45, 2.75) is 45.2 Å². The van der Waals surface area contributed by atoms with Gasteiger partial charge in [-0.15, -0.1) is 0 Å². The largest absolute Gasteiger partial charge is 0.478 e. The van der Waals surface area contributed by atoms with Crippen molar-refractivity contribution in [1.82, 2.24) is 5.32 Å². The summed E-state index contributed by atoms with van der Waals surface area (Å²) < 4.78 is 10.7. The van der Waals surface area contributed by atoms with Gasteiger partial charge < -0.3 is 24.8 Å². The van der Waals surface area contributed by atoms with E-state index in [-0.39, 0.29) is 18.3 Å². The Kier molecular flexibility index (Phi) is 6.95. The van der Waals surface area contributed by atoms with E-state index in [1.165, 1.54) is 32.1 Å². The number of carboxylic acids is 1. The maximum Gasteiger partial charge on any atom is 0.340 e. The molecule has 1 aliphatic carbocycles. The van der Waals surface area contributed by atoms with E-state index in [4.69, 9.17) is 9.47 Å².